The molecule has 1 heterocycles. The number of halogens is 6. The zero-order chi connectivity index (χ0) is 15.9. The van der Waals surface area contributed by atoms with Crippen LogP contribution in [0.3, 0.4) is 0 Å². The molecule has 0 radical (unpaired) electrons. The van der Waals surface area contributed by atoms with Crippen LogP contribution < -0.4 is 9.47 Å². The second kappa shape index (κ2) is 4.66. The van der Waals surface area contributed by atoms with Gasteiger partial charge in [-0.25, -0.2) is 4.79 Å². The molecule has 1 aromatic carbocycles. The van der Waals surface area contributed by atoms with E-state index in [0.29, 0.717) is 0 Å². The molecule has 0 N–H and O–H groups in total. The molecular formula is C11H5F6NO3. The Balaban J connectivity index is 2.42. The Kier molecular flexibility index (Phi) is 3.37. The number of aliphatic imine (C=N–C) groups is 1. The van der Waals surface area contributed by atoms with Crippen molar-refractivity contribution < 1.29 is 40.6 Å². The highest BCUT2D eigenvalue weighted by Crippen LogP contribution is 2.51. The fourth-order valence-corrected chi connectivity index (χ4v) is 1.71. The van der Waals surface area contributed by atoms with Crippen LogP contribution >= 0.6 is 0 Å². The molecule has 21 heavy (non-hydrogen) atoms. The third-order valence-corrected chi connectivity index (χ3v) is 2.52. The van der Waals surface area contributed by atoms with E-state index in [9.17, 15) is 31.1 Å². The van der Waals surface area contributed by atoms with Gasteiger partial charge in [-0.2, -0.15) is 31.3 Å². The SMILES string of the molecule is O=C=Nc1ccc2c(c1)OC(CC(F)(F)F)(C(F)(F)F)O2. The normalized spacial score (nSPS) is 21.0. The van der Waals surface area contributed by atoms with Crippen LogP contribution in [0.5, 0.6) is 11.5 Å². The van der Waals surface area contributed by atoms with Gasteiger partial charge in [0.05, 0.1) is 5.69 Å². The summed E-state index contributed by atoms with van der Waals surface area (Å²) in [5.74, 6) is -4.97. The Hall–Kier alpha value is -2.22. The molecule has 0 bridgehead atoms. The third kappa shape index (κ3) is 2.94. The number of rotatable bonds is 2. The first-order chi connectivity index (χ1) is 9.56. The molecule has 0 saturated carbocycles. The molecule has 0 saturated heterocycles. The average Bonchev–Trinajstić information content (AvgIpc) is 2.64. The first kappa shape index (κ1) is 15.2. The lowest BCUT2D eigenvalue weighted by atomic mass is 10.2. The van der Waals surface area contributed by atoms with Crippen LogP contribution in [0, 0.1) is 0 Å². The van der Waals surface area contributed by atoms with Crippen molar-refractivity contribution in [3.63, 3.8) is 0 Å². The van der Waals surface area contributed by atoms with Crippen molar-refractivity contribution in [2.45, 2.75) is 24.6 Å². The molecule has 2 rings (SSSR count). The van der Waals surface area contributed by atoms with Gasteiger partial charge < -0.3 is 9.47 Å². The van der Waals surface area contributed by atoms with Crippen molar-refractivity contribution in [2.75, 3.05) is 0 Å². The summed E-state index contributed by atoms with van der Waals surface area (Å²) in [5.41, 5.74) is -0.127. The number of fused-ring (bicyclic) bond motifs is 1. The van der Waals surface area contributed by atoms with Crippen LogP contribution in [-0.4, -0.2) is 24.2 Å². The van der Waals surface area contributed by atoms with Crippen molar-refractivity contribution in [3.05, 3.63) is 18.2 Å². The molecule has 114 valence electrons. The van der Waals surface area contributed by atoms with Crippen LogP contribution in [0.4, 0.5) is 32.0 Å². The van der Waals surface area contributed by atoms with Gasteiger partial charge in [-0.3, -0.25) is 0 Å². The number of isocyanates is 1. The van der Waals surface area contributed by atoms with Crippen molar-refractivity contribution in [1.82, 2.24) is 0 Å². The standard InChI is InChI=1S/C11H5F6NO3/c12-10(13,14)4-9(11(15,16)17)20-7-2-1-6(18-5-19)3-8(7)21-9/h1-3H,4H2. The Bertz CT molecular complexity index is 605. The predicted molar refractivity (Wildman–Crippen MR) is 54.9 cm³/mol. The molecule has 0 fully saturated rings. The minimum Gasteiger partial charge on any atom is -0.440 e. The molecule has 1 aliphatic rings. The quantitative estimate of drug-likeness (QED) is 0.476. The first-order valence-electron chi connectivity index (χ1n) is 5.30. The lowest BCUT2D eigenvalue weighted by molar-refractivity contribution is -0.338. The van der Waals surface area contributed by atoms with E-state index >= 15 is 0 Å². The van der Waals surface area contributed by atoms with E-state index in [1.54, 1.807) is 0 Å². The summed E-state index contributed by atoms with van der Waals surface area (Å²) in [4.78, 5) is 13.2. The summed E-state index contributed by atoms with van der Waals surface area (Å²) in [5, 5.41) is 0. The van der Waals surface area contributed by atoms with Crippen LogP contribution in [0.15, 0.2) is 23.2 Å². The number of nitrogens with zero attached hydrogens (tertiary/aromatic N) is 1. The third-order valence-electron chi connectivity index (χ3n) is 2.52. The van der Waals surface area contributed by atoms with E-state index < -0.39 is 36.1 Å². The van der Waals surface area contributed by atoms with Crippen LogP contribution in [0.2, 0.25) is 0 Å². The molecule has 4 nitrogen and oxygen atoms in total. The topological polar surface area (TPSA) is 47.9 Å². The maximum Gasteiger partial charge on any atom is 0.468 e. The summed E-state index contributed by atoms with van der Waals surface area (Å²) in [6, 6.07) is 2.85. The van der Waals surface area contributed by atoms with Crippen molar-refractivity contribution in [2.24, 2.45) is 4.99 Å². The molecule has 1 aliphatic heterocycles. The highest BCUT2D eigenvalue weighted by Gasteiger charge is 2.67. The van der Waals surface area contributed by atoms with Gasteiger partial charge in [0.15, 0.2) is 11.5 Å². The molecular weight excluding hydrogens is 308 g/mol. The summed E-state index contributed by atoms with van der Waals surface area (Å²) < 4.78 is 84.6. The lowest BCUT2D eigenvalue weighted by Gasteiger charge is -2.30. The Morgan fingerprint density at radius 3 is 2.24 bits per heavy atom. The van der Waals surface area contributed by atoms with Crippen LogP contribution in [0.1, 0.15) is 6.42 Å². The summed E-state index contributed by atoms with van der Waals surface area (Å²) in [6.07, 6.45) is -11.8. The highest BCUT2D eigenvalue weighted by molar-refractivity contribution is 5.57. The second-order valence-electron chi connectivity index (χ2n) is 4.08. The van der Waals surface area contributed by atoms with Crippen molar-refractivity contribution in [1.29, 1.82) is 0 Å². The number of ether oxygens (including phenoxy) is 2. The van der Waals surface area contributed by atoms with E-state index in [2.05, 4.69) is 14.5 Å². The van der Waals surface area contributed by atoms with Gasteiger partial charge in [-0.1, -0.05) is 0 Å². The fraction of sp³-hybridized carbons (Fsp3) is 0.364. The predicted octanol–water partition coefficient (Wildman–Crippen LogP) is 3.64. The molecule has 1 atom stereocenters. The Morgan fingerprint density at radius 2 is 1.71 bits per heavy atom. The highest BCUT2D eigenvalue weighted by atomic mass is 19.4. The van der Waals surface area contributed by atoms with Gasteiger partial charge in [-0.15, -0.1) is 0 Å². The Labute approximate surface area is 113 Å². The smallest absolute Gasteiger partial charge is 0.440 e. The molecule has 0 spiro atoms. The van der Waals surface area contributed by atoms with Crippen LogP contribution in [0.25, 0.3) is 0 Å². The van der Waals surface area contributed by atoms with E-state index in [1.807, 2.05) is 0 Å². The number of benzene rings is 1. The van der Waals surface area contributed by atoms with E-state index in [1.165, 1.54) is 0 Å². The molecule has 1 unspecified atom stereocenters. The number of hydrogen-bond acceptors (Lipinski definition) is 4. The fourth-order valence-electron chi connectivity index (χ4n) is 1.71. The zero-order valence-corrected chi connectivity index (χ0v) is 9.88. The minimum absolute atomic E-state index is 0.127. The van der Waals surface area contributed by atoms with Gasteiger partial charge in [0.25, 0.3) is 0 Å². The maximum atomic E-state index is 12.9. The summed E-state index contributed by atoms with van der Waals surface area (Å²) >= 11 is 0. The first-order valence-corrected chi connectivity index (χ1v) is 5.30. The molecule has 0 aliphatic carbocycles. The van der Waals surface area contributed by atoms with E-state index in [-0.39, 0.29) is 5.69 Å². The second-order valence-corrected chi connectivity index (χ2v) is 4.08. The molecule has 0 amide bonds. The average molecular weight is 313 g/mol. The summed E-state index contributed by atoms with van der Waals surface area (Å²) in [7, 11) is 0. The monoisotopic (exact) mass is 313 g/mol. The Morgan fingerprint density at radius 1 is 1.10 bits per heavy atom. The van der Waals surface area contributed by atoms with Crippen molar-refractivity contribution in [3.8, 4) is 11.5 Å². The van der Waals surface area contributed by atoms with Gasteiger partial charge in [0.1, 0.15) is 6.42 Å². The molecule has 10 heteroatoms. The molecule has 0 aromatic heterocycles. The lowest BCUT2D eigenvalue weighted by Crippen LogP contribution is -2.55. The van der Waals surface area contributed by atoms with E-state index in [0.717, 1.165) is 24.3 Å². The van der Waals surface area contributed by atoms with Gasteiger partial charge in [-0.05, 0) is 12.1 Å². The summed E-state index contributed by atoms with van der Waals surface area (Å²) in [6.45, 7) is 0. The van der Waals surface area contributed by atoms with Crippen molar-refractivity contribution >= 4 is 11.8 Å². The van der Waals surface area contributed by atoms with Gasteiger partial charge in [0, 0.05) is 6.07 Å². The number of alkyl halides is 6. The largest absolute Gasteiger partial charge is 0.468 e. The minimum atomic E-state index is -5.42. The zero-order valence-electron chi connectivity index (χ0n) is 9.88. The van der Waals surface area contributed by atoms with Gasteiger partial charge >= 0.3 is 18.1 Å². The van der Waals surface area contributed by atoms with E-state index in [4.69, 9.17) is 0 Å². The number of hydrogen-bond donors (Lipinski definition) is 0. The molecule has 1 aromatic rings. The van der Waals surface area contributed by atoms with Gasteiger partial charge in [0.2, 0.25) is 6.08 Å². The number of carbonyl (C=O) groups excluding carboxylic acids is 1. The maximum absolute atomic E-state index is 12.9. The van der Waals surface area contributed by atoms with Crippen LogP contribution in [-0.2, 0) is 4.79 Å².